The Morgan fingerprint density at radius 2 is 1.16 bits per heavy atom. The maximum Gasteiger partial charge on any atom is 0.384 e. The fourth-order valence-electron chi connectivity index (χ4n) is 1.91. The molecule has 0 aromatic carbocycles. The molecule has 6 nitrogen and oxygen atoms in total. The number of aromatic nitrogens is 4. The topological polar surface area (TPSA) is 83.6 Å². The SMILES string of the molecule is O=C(Nc1nn[nH]n1)C1(F)C(F)(F)C(F)(F)C(F)(F)C(F)(F)C1(F)F. The van der Waals surface area contributed by atoms with E-state index in [-0.39, 0.29) is 0 Å². The monoisotopic (exact) mass is 393 g/mol. The van der Waals surface area contributed by atoms with Crippen molar-refractivity contribution in [1.29, 1.82) is 0 Å². The Balaban J connectivity index is 2.71. The van der Waals surface area contributed by atoms with Crippen LogP contribution in [0.4, 0.5) is 54.2 Å². The van der Waals surface area contributed by atoms with Crippen molar-refractivity contribution in [2.75, 3.05) is 5.32 Å². The van der Waals surface area contributed by atoms with Crippen LogP contribution in [0.1, 0.15) is 0 Å². The van der Waals surface area contributed by atoms with Gasteiger partial charge in [0.1, 0.15) is 0 Å². The van der Waals surface area contributed by atoms with E-state index in [4.69, 9.17) is 0 Å². The highest BCUT2D eigenvalue weighted by molar-refractivity contribution is 5.98. The molecule has 0 bridgehead atoms. The van der Waals surface area contributed by atoms with Gasteiger partial charge in [0.15, 0.2) is 0 Å². The third kappa shape index (κ3) is 1.80. The average molecular weight is 393 g/mol. The summed E-state index contributed by atoms with van der Waals surface area (Å²) < 4.78 is 147. The molecule has 0 aliphatic heterocycles. The normalized spacial score (nSPS) is 27.5. The Bertz CT molecular complexity index is 657. The van der Waals surface area contributed by atoms with Gasteiger partial charge in [-0.2, -0.15) is 49.1 Å². The summed E-state index contributed by atoms with van der Waals surface area (Å²) >= 11 is 0. The lowest BCUT2D eigenvalue weighted by molar-refractivity contribution is -0.475. The second-order valence-corrected chi connectivity index (χ2v) is 4.72. The van der Waals surface area contributed by atoms with Crippen molar-refractivity contribution < 1.29 is 53.1 Å². The van der Waals surface area contributed by atoms with Crippen molar-refractivity contribution in [3.8, 4) is 0 Å². The molecule has 0 spiro atoms. The summed E-state index contributed by atoms with van der Waals surface area (Å²) in [6.07, 6.45) is 0. The molecular formula is C8H2F11N5O. The molecule has 0 atom stereocenters. The maximum absolute atomic E-state index is 14.2. The Labute approximate surface area is 127 Å². The van der Waals surface area contributed by atoms with Gasteiger partial charge < -0.3 is 0 Å². The van der Waals surface area contributed by atoms with E-state index >= 15 is 0 Å². The second-order valence-electron chi connectivity index (χ2n) is 4.72. The van der Waals surface area contributed by atoms with E-state index in [2.05, 4.69) is 15.4 Å². The number of amides is 1. The number of rotatable bonds is 2. The Morgan fingerprint density at radius 1 is 0.760 bits per heavy atom. The summed E-state index contributed by atoms with van der Waals surface area (Å²) in [6, 6.07) is 0. The van der Waals surface area contributed by atoms with E-state index in [1.165, 1.54) is 5.21 Å². The number of nitrogens with one attached hydrogen (secondary N) is 2. The summed E-state index contributed by atoms with van der Waals surface area (Å²) in [7, 11) is 0. The number of halogens is 11. The standard InChI is InChI=1S/C8H2F11N5O/c9-3(1(25)20-2-21-23-24-22-2)4(10,11)6(14,15)8(18,19)7(16,17)5(3,12)13/h(H2,20,21,22,23,24,25). The first-order valence-corrected chi connectivity index (χ1v) is 5.63. The summed E-state index contributed by atoms with van der Waals surface area (Å²) in [5, 5.41) is 10.2. The van der Waals surface area contributed by atoms with Crippen molar-refractivity contribution in [1.82, 2.24) is 20.6 Å². The molecule has 2 N–H and O–H groups in total. The van der Waals surface area contributed by atoms with E-state index in [1.54, 1.807) is 0 Å². The molecule has 1 aromatic rings. The van der Waals surface area contributed by atoms with Gasteiger partial charge in [-0.05, 0) is 5.21 Å². The molecule has 1 heterocycles. The molecule has 0 unspecified atom stereocenters. The number of nitrogens with zero attached hydrogens (tertiary/aromatic N) is 3. The third-order valence-corrected chi connectivity index (χ3v) is 3.33. The van der Waals surface area contributed by atoms with E-state index in [9.17, 15) is 53.1 Å². The molecule has 1 saturated carbocycles. The van der Waals surface area contributed by atoms with Crippen LogP contribution in [0.2, 0.25) is 0 Å². The Hall–Kier alpha value is -2.23. The fraction of sp³-hybridized carbons (Fsp3) is 0.750. The molecule has 1 fully saturated rings. The van der Waals surface area contributed by atoms with Gasteiger partial charge in [-0.1, -0.05) is 5.10 Å². The molecule has 1 aliphatic rings. The van der Waals surface area contributed by atoms with Gasteiger partial charge >= 0.3 is 35.3 Å². The number of alkyl halides is 11. The molecule has 1 amide bonds. The van der Waals surface area contributed by atoms with Crippen molar-refractivity contribution in [3.63, 3.8) is 0 Å². The zero-order chi connectivity index (χ0) is 19.7. The van der Waals surface area contributed by atoms with Gasteiger partial charge in [0, 0.05) is 0 Å². The van der Waals surface area contributed by atoms with Crippen LogP contribution in [0, 0.1) is 0 Å². The number of carbonyl (C=O) groups excluding carboxylic acids is 1. The van der Waals surface area contributed by atoms with Crippen LogP contribution < -0.4 is 5.32 Å². The van der Waals surface area contributed by atoms with Crippen LogP contribution in [-0.4, -0.2) is 61.8 Å². The number of hydrogen-bond acceptors (Lipinski definition) is 4. The van der Waals surface area contributed by atoms with Crippen molar-refractivity contribution in [2.24, 2.45) is 0 Å². The van der Waals surface area contributed by atoms with Gasteiger partial charge in [-0.15, -0.1) is 5.10 Å². The van der Waals surface area contributed by atoms with Crippen LogP contribution in [0.25, 0.3) is 0 Å². The zero-order valence-electron chi connectivity index (χ0n) is 10.9. The number of hydrogen-bond donors (Lipinski definition) is 2. The minimum atomic E-state index is -7.39. The number of anilines is 1. The first kappa shape index (κ1) is 19.1. The highest BCUT2D eigenvalue weighted by atomic mass is 19.4. The van der Waals surface area contributed by atoms with Crippen LogP contribution in [0.5, 0.6) is 0 Å². The van der Waals surface area contributed by atoms with Crippen molar-refractivity contribution in [3.05, 3.63) is 0 Å². The highest BCUT2D eigenvalue weighted by Gasteiger charge is 3.02. The van der Waals surface area contributed by atoms with Gasteiger partial charge in [-0.25, -0.2) is 4.39 Å². The molecule has 25 heavy (non-hydrogen) atoms. The van der Waals surface area contributed by atoms with Crippen LogP contribution in [-0.2, 0) is 4.79 Å². The molecule has 17 heteroatoms. The summed E-state index contributed by atoms with van der Waals surface area (Å²) in [5.74, 6) is -41.5. The largest absolute Gasteiger partial charge is 0.384 e. The smallest absolute Gasteiger partial charge is 0.289 e. The third-order valence-electron chi connectivity index (χ3n) is 3.33. The summed E-state index contributed by atoms with van der Waals surface area (Å²) in [5.41, 5.74) is -6.80. The number of aromatic amines is 1. The molecule has 142 valence electrons. The molecule has 1 aromatic heterocycles. The quantitative estimate of drug-likeness (QED) is 0.754. The van der Waals surface area contributed by atoms with Crippen LogP contribution in [0.15, 0.2) is 0 Å². The molecule has 2 rings (SSSR count). The van der Waals surface area contributed by atoms with Crippen molar-refractivity contribution in [2.45, 2.75) is 35.3 Å². The van der Waals surface area contributed by atoms with E-state index in [0.717, 1.165) is 0 Å². The Morgan fingerprint density at radius 3 is 1.52 bits per heavy atom. The van der Waals surface area contributed by atoms with Crippen LogP contribution >= 0.6 is 0 Å². The first-order chi connectivity index (χ1) is 11.0. The van der Waals surface area contributed by atoms with Gasteiger partial charge in [0.05, 0.1) is 0 Å². The second kappa shape index (κ2) is 4.69. The number of carbonyl (C=O) groups is 1. The lowest BCUT2D eigenvalue weighted by Gasteiger charge is -2.51. The minimum Gasteiger partial charge on any atom is -0.289 e. The van der Waals surface area contributed by atoms with Crippen LogP contribution in [0.3, 0.4) is 0 Å². The lowest BCUT2D eigenvalue weighted by Crippen LogP contribution is -2.86. The molecule has 1 aliphatic carbocycles. The van der Waals surface area contributed by atoms with Crippen molar-refractivity contribution >= 4 is 11.9 Å². The van der Waals surface area contributed by atoms with E-state index in [0.29, 0.717) is 5.32 Å². The predicted octanol–water partition coefficient (Wildman–Crippen LogP) is 2.04. The van der Waals surface area contributed by atoms with Gasteiger partial charge in [-0.3, -0.25) is 10.1 Å². The van der Waals surface area contributed by atoms with Gasteiger partial charge in [0.2, 0.25) is 0 Å². The molecular weight excluding hydrogens is 391 g/mol. The average Bonchev–Trinajstić information content (AvgIpc) is 2.96. The summed E-state index contributed by atoms with van der Waals surface area (Å²) in [6.45, 7) is 0. The highest BCUT2D eigenvalue weighted by Crippen LogP contribution is 2.69. The van der Waals surface area contributed by atoms with E-state index in [1.807, 2.05) is 0 Å². The van der Waals surface area contributed by atoms with Gasteiger partial charge in [0.25, 0.3) is 11.9 Å². The lowest BCUT2D eigenvalue weighted by atomic mass is 9.71. The van der Waals surface area contributed by atoms with E-state index < -0.39 is 47.1 Å². The molecule has 0 saturated heterocycles. The first-order valence-electron chi connectivity index (χ1n) is 5.63. The summed E-state index contributed by atoms with van der Waals surface area (Å²) in [4.78, 5) is 11.3. The zero-order valence-corrected chi connectivity index (χ0v) is 10.9. The maximum atomic E-state index is 14.2. The fourth-order valence-corrected chi connectivity index (χ4v) is 1.91. The molecule has 0 radical (unpaired) electrons. The number of tetrazole rings is 1. The Kier molecular flexibility index (Phi) is 3.58. The number of H-pyrrole nitrogens is 1. The predicted molar refractivity (Wildman–Crippen MR) is 51.4 cm³/mol. The minimum absolute atomic E-state index is 0.645.